The lowest BCUT2D eigenvalue weighted by Gasteiger charge is -2.43. The first kappa shape index (κ1) is 32.9. The molecule has 0 aliphatic heterocycles. The second kappa shape index (κ2) is 15.3. The third-order valence-electron chi connectivity index (χ3n) is 8.63. The Morgan fingerprint density at radius 3 is 2.11 bits per heavy atom. The van der Waals surface area contributed by atoms with Crippen LogP contribution in [0.4, 0.5) is 0 Å². The van der Waals surface area contributed by atoms with Crippen LogP contribution in [0.15, 0.2) is 0 Å². The van der Waals surface area contributed by atoms with Crippen LogP contribution in [0.2, 0.25) is 0 Å². The van der Waals surface area contributed by atoms with E-state index in [2.05, 4.69) is 41.5 Å². The first-order valence-electron chi connectivity index (χ1n) is 14.0. The fourth-order valence-corrected chi connectivity index (χ4v) is 6.34. The van der Waals surface area contributed by atoms with Crippen molar-refractivity contribution in [2.75, 3.05) is 40.6 Å². The van der Waals surface area contributed by atoms with E-state index in [9.17, 15) is 9.59 Å². The summed E-state index contributed by atoms with van der Waals surface area (Å²) in [6, 6.07) is 0. The van der Waals surface area contributed by atoms with Crippen molar-refractivity contribution in [1.82, 2.24) is 0 Å². The topological polar surface area (TPSA) is 71.1 Å². The average Bonchev–Trinajstić information content (AvgIpc) is 2.77. The zero-order chi connectivity index (χ0) is 27.5. The lowest BCUT2D eigenvalue weighted by molar-refractivity contribution is -0.146. The fraction of sp³-hybridized carbons (Fsp3) is 0.933. The Morgan fingerprint density at radius 1 is 0.944 bits per heavy atom. The minimum absolute atomic E-state index is 0.113. The third-order valence-corrected chi connectivity index (χ3v) is 8.63. The maximum absolute atomic E-state index is 11.0. The van der Waals surface area contributed by atoms with Gasteiger partial charge >= 0.3 is 11.9 Å². The molecule has 0 heterocycles. The van der Waals surface area contributed by atoms with Crippen LogP contribution in [0.1, 0.15) is 93.9 Å². The number of hydrogen-bond acceptors (Lipinski definition) is 6. The normalized spacial score (nSPS) is 30.8. The summed E-state index contributed by atoms with van der Waals surface area (Å²) in [7, 11) is 3.53. The first-order valence-corrected chi connectivity index (χ1v) is 14.0. The summed E-state index contributed by atoms with van der Waals surface area (Å²) in [5.41, 5.74) is 0.325. The summed E-state index contributed by atoms with van der Waals surface area (Å²) in [5, 5.41) is 0. The van der Waals surface area contributed by atoms with Crippen LogP contribution >= 0.6 is 0 Å². The van der Waals surface area contributed by atoms with Crippen molar-refractivity contribution in [3.63, 3.8) is 0 Å². The second-order valence-electron chi connectivity index (χ2n) is 13.0. The molecule has 2 saturated carbocycles. The Hall–Kier alpha value is -1.14. The van der Waals surface area contributed by atoms with Crippen molar-refractivity contribution in [2.45, 2.75) is 93.9 Å². The van der Waals surface area contributed by atoms with E-state index in [-0.39, 0.29) is 22.8 Å². The van der Waals surface area contributed by atoms with Gasteiger partial charge in [0, 0.05) is 40.1 Å². The molecule has 0 spiro atoms. The number of ether oxygens (including phenoxy) is 4. The van der Waals surface area contributed by atoms with Crippen LogP contribution < -0.4 is 0 Å². The Kier molecular flexibility index (Phi) is 14.0. The van der Waals surface area contributed by atoms with E-state index < -0.39 is 0 Å². The molecule has 212 valence electrons. The molecular weight excluding hydrogens is 456 g/mol. The molecule has 2 fully saturated rings. The van der Waals surface area contributed by atoms with Gasteiger partial charge in [0.15, 0.2) is 0 Å². The van der Waals surface area contributed by atoms with E-state index in [0.717, 1.165) is 32.5 Å². The number of rotatable bonds is 10. The highest BCUT2D eigenvalue weighted by atomic mass is 16.5. The van der Waals surface area contributed by atoms with Gasteiger partial charge in [-0.1, -0.05) is 48.0 Å². The van der Waals surface area contributed by atoms with E-state index in [1.165, 1.54) is 33.1 Å². The smallest absolute Gasteiger partial charge is 0.302 e. The molecule has 0 aromatic carbocycles. The third kappa shape index (κ3) is 11.5. The maximum atomic E-state index is 11.0. The van der Waals surface area contributed by atoms with Crippen LogP contribution in [0, 0.1) is 46.3 Å². The van der Waals surface area contributed by atoms with Crippen molar-refractivity contribution in [1.29, 1.82) is 0 Å². The molecular formula is C30H56O6. The van der Waals surface area contributed by atoms with Crippen LogP contribution in [-0.4, -0.2) is 52.6 Å². The molecule has 36 heavy (non-hydrogen) atoms. The van der Waals surface area contributed by atoms with Crippen molar-refractivity contribution in [3.8, 4) is 0 Å². The number of esters is 2. The van der Waals surface area contributed by atoms with Crippen LogP contribution in [0.5, 0.6) is 0 Å². The van der Waals surface area contributed by atoms with E-state index in [1.807, 2.05) is 0 Å². The fourth-order valence-electron chi connectivity index (χ4n) is 6.34. The minimum atomic E-state index is -0.175. The Labute approximate surface area is 221 Å². The molecule has 6 nitrogen and oxygen atoms in total. The molecule has 0 saturated heterocycles. The van der Waals surface area contributed by atoms with Crippen molar-refractivity contribution in [3.05, 3.63) is 0 Å². The van der Waals surface area contributed by atoms with Crippen LogP contribution in [0.25, 0.3) is 0 Å². The average molecular weight is 513 g/mol. The lowest BCUT2D eigenvalue weighted by Crippen LogP contribution is -2.38. The van der Waals surface area contributed by atoms with Crippen LogP contribution in [0.3, 0.4) is 0 Å². The standard InChI is InChI=1S/2C15H28O3/c1-11(2)14-6-13(9-17-5)7-15(4,8-14)10-18-12(3)16;1-11-6-7-14(15(3,4)10-17-5)8-13(11)9-18-12(2)16/h2*11,13-14H,6-10H2,1-5H3. The van der Waals surface area contributed by atoms with Gasteiger partial charge in [0.1, 0.15) is 0 Å². The van der Waals surface area contributed by atoms with Crippen molar-refractivity contribution < 1.29 is 28.5 Å². The molecule has 2 aliphatic carbocycles. The predicted octanol–water partition coefficient (Wildman–Crippen LogP) is 6.55. The van der Waals surface area contributed by atoms with E-state index in [4.69, 9.17) is 18.9 Å². The maximum Gasteiger partial charge on any atom is 0.302 e. The number of carbonyl (C=O) groups is 2. The van der Waals surface area contributed by atoms with Crippen LogP contribution in [-0.2, 0) is 28.5 Å². The van der Waals surface area contributed by atoms with Gasteiger partial charge in [0.05, 0.1) is 19.8 Å². The van der Waals surface area contributed by atoms with E-state index in [0.29, 0.717) is 48.7 Å². The molecule has 6 heteroatoms. The first-order chi connectivity index (χ1) is 16.7. The highest BCUT2D eigenvalue weighted by Gasteiger charge is 2.39. The summed E-state index contributed by atoms with van der Waals surface area (Å²) in [4.78, 5) is 21.9. The summed E-state index contributed by atoms with van der Waals surface area (Å²) in [5.74, 6) is 3.46. The Balaban J connectivity index is 0.000000360. The molecule has 2 rings (SSSR count). The zero-order valence-electron chi connectivity index (χ0n) is 25.0. The quantitative estimate of drug-likeness (QED) is 0.309. The number of carbonyl (C=O) groups excluding carboxylic acids is 2. The number of methoxy groups -OCH3 is 2. The van der Waals surface area contributed by atoms with Gasteiger partial charge in [-0.25, -0.2) is 0 Å². The summed E-state index contributed by atoms with van der Waals surface area (Å²) >= 11 is 0. The minimum Gasteiger partial charge on any atom is -0.466 e. The SMILES string of the molecule is COCC(C)(C)C1CCC(C)C(COC(C)=O)C1.COCC1CC(C(C)C)CC(C)(COC(C)=O)C1. The molecule has 2 aliphatic rings. The van der Waals surface area contributed by atoms with E-state index >= 15 is 0 Å². The molecule has 0 aromatic heterocycles. The van der Waals surface area contributed by atoms with Gasteiger partial charge in [-0.3, -0.25) is 9.59 Å². The van der Waals surface area contributed by atoms with Gasteiger partial charge in [-0.15, -0.1) is 0 Å². The molecule has 6 atom stereocenters. The number of hydrogen-bond donors (Lipinski definition) is 0. The lowest BCUT2D eigenvalue weighted by atomic mass is 9.64. The molecule has 6 unspecified atom stereocenters. The summed E-state index contributed by atoms with van der Waals surface area (Å²) in [6.45, 7) is 19.4. The highest BCUT2D eigenvalue weighted by Crippen LogP contribution is 2.45. The molecule has 0 N–H and O–H groups in total. The summed E-state index contributed by atoms with van der Waals surface area (Å²) in [6.07, 6.45) is 7.11. The van der Waals surface area contributed by atoms with E-state index in [1.54, 1.807) is 14.2 Å². The largest absolute Gasteiger partial charge is 0.466 e. The van der Waals surface area contributed by atoms with Gasteiger partial charge in [0.2, 0.25) is 0 Å². The zero-order valence-corrected chi connectivity index (χ0v) is 25.0. The molecule has 0 amide bonds. The highest BCUT2D eigenvalue weighted by molar-refractivity contribution is 5.66. The van der Waals surface area contributed by atoms with Gasteiger partial charge in [-0.2, -0.15) is 0 Å². The van der Waals surface area contributed by atoms with Gasteiger partial charge in [-0.05, 0) is 73.0 Å². The Bertz CT molecular complexity index is 660. The van der Waals surface area contributed by atoms with Gasteiger partial charge in [0.25, 0.3) is 0 Å². The van der Waals surface area contributed by atoms with Crippen molar-refractivity contribution >= 4 is 11.9 Å². The van der Waals surface area contributed by atoms with Gasteiger partial charge < -0.3 is 18.9 Å². The Morgan fingerprint density at radius 2 is 1.58 bits per heavy atom. The van der Waals surface area contributed by atoms with Crippen molar-refractivity contribution in [2.24, 2.45) is 46.3 Å². The monoisotopic (exact) mass is 512 g/mol. The predicted molar refractivity (Wildman–Crippen MR) is 145 cm³/mol. The summed E-state index contributed by atoms with van der Waals surface area (Å²) < 4.78 is 21.1. The second-order valence-corrected chi connectivity index (χ2v) is 13.0. The molecule has 0 aromatic rings. The molecule has 0 radical (unpaired) electrons. The molecule has 0 bridgehead atoms.